The molecule has 3 rings (SSSR count). The van der Waals surface area contributed by atoms with Crippen molar-refractivity contribution < 1.29 is 39.9 Å². The van der Waals surface area contributed by atoms with Crippen LogP contribution in [0.25, 0.3) is 0 Å². The molecule has 2 heterocycles. The van der Waals surface area contributed by atoms with Gasteiger partial charge >= 0.3 is 6.18 Å². The van der Waals surface area contributed by atoms with Crippen LogP contribution in [-0.2, 0) is 21.4 Å². The predicted molar refractivity (Wildman–Crippen MR) is 101 cm³/mol. The molecule has 13 heteroatoms. The molecule has 174 valence electrons. The predicted octanol–water partition coefficient (Wildman–Crippen LogP) is 2.77. The van der Waals surface area contributed by atoms with Crippen LogP contribution in [0.5, 0.6) is 5.75 Å². The van der Waals surface area contributed by atoms with Crippen molar-refractivity contribution in [3.63, 3.8) is 0 Å². The number of aromatic nitrogens is 1. The van der Waals surface area contributed by atoms with E-state index in [0.29, 0.717) is 24.6 Å². The van der Waals surface area contributed by atoms with E-state index < -0.39 is 51.3 Å². The fraction of sp³-hybridized carbons (Fsp3) is 0.368. The summed E-state index contributed by atoms with van der Waals surface area (Å²) in [5.74, 6) is -2.91. The molecule has 1 N–H and O–H groups in total. The second kappa shape index (κ2) is 9.36. The van der Waals surface area contributed by atoms with Crippen molar-refractivity contribution in [2.75, 3.05) is 13.2 Å². The zero-order valence-electron chi connectivity index (χ0n) is 16.4. The highest BCUT2D eigenvalue weighted by molar-refractivity contribution is 7.89. The zero-order valence-corrected chi connectivity index (χ0v) is 17.2. The third-order valence-electron chi connectivity index (χ3n) is 4.58. The Hall–Kier alpha value is -2.80. The van der Waals surface area contributed by atoms with Gasteiger partial charge in [-0.2, -0.15) is 17.5 Å². The van der Waals surface area contributed by atoms with Crippen LogP contribution < -0.4 is 10.1 Å². The normalized spacial score (nSPS) is 17.3. The van der Waals surface area contributed by atoms with Gasteiger partial charge in [0.1, 0.15) is 23.4 Å². The fourth-order valence-electron chi connectivity index (χ4n) is 3.21. The molecule has 1 atom stereocenters. The van der Waals surface area contributed by atoms with Gasteiger partial charge in [-0.1, -0.05) is 0 Å². The summed E-state index contributed by atoms with van der Waals surface area (Å²) in [6.45, 7) is -1.70. The minimum absolute atomic E-state index is 0.0163. The minimum atomic E-state index is -4.51. The third-order valence-corrected chi connectivity index (χ3v) is 6.47. The van der Waals surface area contributed by atoms with Gasteiger partial charge in [-0.05, 0) is 31.0 Å². The standard InChI is InChI=1S/C19H18F5N3O4S/c20-12-6-13(21)8-16(7-12)32(29,30)27-5-1-2-17(27)18(28)26-10-14-9-15(3-4-25-14)31-11-19(22,23)24/h3-4,6-9,17H,1-2,5,10-11H2,(H,26,28). The molecule has 0 saturated carbocycles. The van der Waals surface area contributed by atoms with Gasteiger partial charge in [0.25, 0.3) is 0 Å². The van der Waals surface area contributed by atoms with Crippen LogP contribution in [0.1, 0.15) is 18.5 Å². The average molecular weight is 479 g/mol. The van der Waals surface area contributed by atoms with Crippen molar-refractivity contribution in [1.29, 1.82) is 0 Å². The van der Waals surface area contributed by atoms with Gasteiger partial charge < -0.3 is 10.1 Å². The van der Waals surface area contributed by atoms with Crippen LogP contribution in [0.15, 0.2) is 41.4 Å². The smallest absolute Gasteiger partial charge is 0.422 e. The Morgan fingerprint density at radius 3 is 2.53 bits per heavy atom. The molecule has 1 saturated heterocycles. The zero-order chi connectivity index (χ0) is 23.5. The number of nitrogens with one attached hydrogen (secondary N) is 1. The van der Waals surface area contributed by atoms with Crippen LogP contribution in [0.4, 0.5) is 22.0 Å². The minimum Gasteiger partial charge on any atom is -0.484 e. The van der Waals surface area contributed by atoms with Gasteiger partial charge in [0.15, 0.2) is 6.61 Å². The number of ether oxygens (including phenoxy) is 1. The van der Waals surface area contributed by atoms with E-state index in [2.05, 4.69) is 15.0 Å². The lowest BCUT2D eigenvalue weighted by atomic mass is 10.2. The lowest BCUT2D eigenvalue weighted by Gasteiger charge is -2.23. The van der Waals surface area contributed by atoms with Crippen molar-refractivity contribution in [1.82, 2.24) is 14.6 Å². The van der Waals surface area contributed by atoms with E-state index in [-0.39, 0.29) is 31.0 Å². The Labute approximate surface area is 180 Å². The first-order chi connectivity index (χ1) is 15.0. The highest BCUT2D eigenvalue weighted by atomic mass is 32.2. The van der Waals surface area contributed by atoms with Crippen molar-refractivity contribution in [3.8, 4) is 5.75 Å². The Bertz CT molecular complexity index is 1070. The van der Waals surface area contributed by atoms with Crippen LogP contribution in [0.2, 0.25) is 0 Å². The molecule has 0 aliphatic carbocycles. The van der Waals surface area contributed by atoms with Gasteiger partial charge in [-0.25, -0.2) is 17.2 Å². The number of sulfonamides is 1. The molecule has 1 unspecified atom stereocenters. The number of carbonyl (C=O) groups is 1. The molecular formula is C19H18F5N3O4S. The number of rotatable bonds is 7. The fourth-order valence-corrected chi connectivity index (χ4v) is 4.91. The largest absolute Gasteiger partial charge is 0.484 e. The summed E-state index contributed by atoms with van der Waals surface area (Å²) in [5.41, 5.74) is 0.192. The molecule has 1 fully saturated rings. The molecule has 1 amide bonds. The van der Waals surface area contributed by atoms with Crippen LogP contribution in [0, 0.1) is 11.6 Å². The number of alkyl halides is 3. The molecule has 0 radical (unpaired) electrons. The van der Waals surface area contributed by atoms with Crippen molar-refractivity contribution in [3.05, 3.63) is 53.9 Å². The number of nitrogens with zero attached hydrogens (tertiary/aromatic N) is 2. The first-order valence-electron chi connectivity index (χ1n) is 9.36. The highest BCUT2D eigenvalue weighted by Gasteiger charge is 2.39. The maximum Gasteiger partial charge on any atom is 0.422 e. The summed E-state index contributed by atoms with van der Waals surface area (Å²) in [4.78, 5) is 15.9. The summed E-state index contributed by atoms with van der Waals surface area (Å²) >= 11 is 0. The maximum absolute atomic E-state index is 13.5. The second-order valence-electron chi connectivity index (χ2n) is 6.98. The second-order valence-corrected chi connectivity index (χ2v) is 8.87. The first-order valence-corrected chi connectivity index (χ1v) is 10.8. The van der Waals surface area contributed by atoms with Gasteiger partial charge in [0.05, 0.1) is 17.1 Å². The molecular weight excluding hydrogens is 461 g/mol. The van der Waals surface area contributed by atoms with Gasteiger partial charge in [-0.3, -0.25) is 9.78 Å². The Balaban J connectivity index is 1.67. The molecule has 1 aromatic heterocycles. The number of halogens is 5. The lowest BCUT2D eigenvalue weighted by Crippen LogP contribution is -2.45. The van der Waals surface area contributed by atoms with Crippen LogP contribution in [0.3, 0.4) is 0 Å². The number of pyridine rings is 1. The summed E-state index contributed by atoms with van der Waals surface area (Å²) < 4.78 is 94.9. The summed E-state index contributed by atoms with van der Waals surface area (Å²) in [6, 6.07) is 3.19. The Kier molecular flexibility index (Phi) is 6.98. The first kappa shape index (κ1) is 23.9. The van der Waals surface area contributed by atoms with Crippen LogP contribution >= 0.6 is 0 Å². The van der Waals surface area contributed by atoms with Crippen LogP contribution in [-0.4, -0.2) is 49.0 Å². The van der Waals surface area contributed by atoms with E-state index in [9.17, 15) is 35.2 Å². The summed E-state index contributed by atoms with van der Waals surface area (Å²) in [6.07, 6.45) is -2.77. The molecule has 1 aliphatic heterocycles. The van der Waals surface area contributed by atoms with E-state index in [1.54, 1.807) is 0 Å². The number of benzene rings is 1. The van der Waals surface area contributed by atoms with Crippen molar-refractivity contribution in [2.24, 2.45) is 0 Å². The van der Waals surface area contributed by atoms with E-state index in [1.165, 1.54) is 18.3 Å². The van der Waals surface area contributed by atoms with Crippen molar-refractivity contribution in [2.45, 2.75) is 36.5 Å². The quantitative estimate of drug-likeness (QED) is 0.617. The molecule has 0 spiro atoms. The molecule has 7 nitrogen and oxygen atoms in total. The van der Waals surface area contributed by atoms with Gasteiger partial charge in [0.2, 0.25) is 15.9 Å². The van der Waals surface area contributed by atoms with Crippen molar-refractivity contribution >= 4 is 15.9 Å². The monoisotopic (exact) mass is 479 g/mol. The topological polar surface area (TPSA) is 88.6 Å². The number of hydrogen-bond donors (Lipinski definition) is 1. The average Bonchev–Trinajstić information content (AvgIpc) is 3.20. The Morgan fingerprint density at radius 1 is 1.19 bits per heavy atom. The molecule has 2 aromatic rings. The Morgan fingerprint density at radius 2 is 1.88 bits per heavy atom. The van der Waals surface area contributed by atoms with E-state index in [4.69, 9.17) is 0 Å². The summed E-state index contributed by atoms with van der Waals surface area (Å²) in [5, 5.41) is 2.48. The molecule has 32 heavy (non-hydrogen) atoms. The van der Waals surface area contributed by atoms with Gasteiger partial charge in [0, 0.05) is 24.9 Å². The van der Waals surface area contributed by atoms with E-state index >= 15 is 0 Å². The molecule has 1 aliphatic rings. The van der Waals surface area contributed by atoms with Gasteiger partial charge in [-0.15, -0.1) is 0 Å². The SMILES string of the molecule is O=C(NCc1cc(OCC(F)(F)F)ccn1)C1CCCN1S(=O)(=O)c1cc(F)cc(F)c1. The number of hydrogen-bond acceptors (Lipinski definition) is 5. The lowest BCUT2D eigenvalue weighted by molar-refractivity contribution is -0.153. The highest BCUT2D eigenvalue weighted by Crippen LogP contribution is 2.27. The third kappa shape index (κ3) is 5.91. The summed E-state index contributed by atoms with van der Waals surface area (Å²) in [7, 11) is -4.34. The maximum atomic E-state index is 13.5. The molecule has 0 bridgehead atoms. The number of amides is 1. The molecule has 1 aromatic carbocycles. The van der Waals surface area contributed by atoms with E-state index in [1.807, 2.05) is 0 Å². The number of carbonyl (C=O) groups excluding carboxylic acids is 1. The van der Waals surface area contributed by atoms with E-state index in [0.717, 1.165) is 4.31 Å².